The molecule has 1 N–H and O–H groups in total. The molecule has 1 heterocycles. The van der Waals surface area contributed by atoms with Gasteiger partial charge < -0.3 is 9.46 Å². The normalized spacial score (nSPS) is 12.7. The van der Waals surface area contributed by atoms with Gasteiger partial charge in [-0.05, 0) is 36.2 Å². The van der Waals surface area contributed by atoms with Gasteiger partial charge in [0.25, 0.3) is 0 Å². The summed E-state index contributed by atoms with van der Waals surface area (Å²) in [5.74, 6) is 0.00405. The SMILES string of the molecule is Fc1ccc2c(c1Oc1ccccc1Cl)N=CNS2. The average Bonchev–Trinajstić information content (AvgIpc) is 2.44. The molecule has 1 aliphatic heterocycles. The first-order chi connectivity index (χ1) is 9.25. The number of ether oxygens (including phenoxy) is 1. The number of benzene rings is 2. The van der Waals surface area contributed by atoms with E-state index in [4.69, 9.17) is 16.3 Å². The summed E-state index contributed by atoms with van der Waals surface area (Å²) in [6.45, 7) is 0. The monoisotopic (exact) mass is 294 g/mol. The number of aliphatic imine (C=N–C) groups is 1. The van der Waals surface area contributed by atoms with Gasteiger partial charge >= 0.3 is 0 Å². The van der Waals surface area contributed by atoms with Crippen LogP contribution in [-0.2, 0) is 0 Å². The minimum Gasteiger partial charge on any atom is -0.450 e. The molecule has 0 bridgehead atoms. The van der Waals surface area contributed by atoms with Gasteiger partial charge in [-0.3, -0.25) is 0 Å². The maximum Gasteiger partial charge on any atom is 0.189 e. The summed E-state index contributed by atoms with van der Waals surface area (Å²) in [4.78, 5) is 4.91. The molecule has 0 atom stereocenters. The number of rotatable bonds is 2. The van der Waals surface area contributed by atoms with Crippen LogP contribution in [0.4, 0.5) is 10.1 Å². The van der Waals surface area contributed by atoms with E-state index in [1.807, 2.05) is 0 Å². The number of fused-ring (bicyclic) bond motifs is 1. The highest BCUT2D eigenvalue weighted by molar-refractivity contribution is 7.98. The molecule has 2 aromatic carbocycles. The fraction of sp³-hybridized carbons (Fsp3) is 0. The predicted molar refractivity (Wildman–Crippen MR) is 75.1 cm³/mol. The topological polar surface area (TPSA) is 33.6 Å². The Morgan fingerprint density at radius 1 is 1.21 bits per heavy atom. The largest absolute Gasteiger partial charge is 0.450 e. The van der Waals surface area contributed by atoms with Crippen molar-refractivity contribution in [1.29, 1.82) is 0 Å². The fourth-order valence-corrected chi connectivity index (χ4v) is 2.43. The molecule has 0 aliphatic carbocycles. The van der Waals surface area contributed by atoms with Crippen LogP contribution in [0.3, 0.4) is 0 Å². The van der Waals surface area contributed by atoms with Gasteiger partial charge in [0, 0.05) is 0 Å². The molecule has 1 aliphatic rings. The molecule has 0 unspecified atom stereocenters. The molecule has 2 aromatic rings. The minimum atomic E-state index is -0.474. The lowest BCUT2D eigenvalue weighted by molar-refractivity contribution is 0.442. The standard InChI is InChI=1S/C13H8ClFN2OS/c14-8-3-1-2-4-10(8)18-13-9(15)5-6-11-12(13)16-7-17-19-11/h1-7H,(H,16,17). The van der Waals surface area contributed by atoms with E-state index >= 15 is 0 Å². The summed E-state index contributed by atoms with van der Waals surface area (Å²) < 4.78 is 22.4. The molecular formula is C13H8ClFN2OS. The molecule has 3 nitrogen and oxygen atoms in total. The molecule has 3 rings (SSSR count). The number of para-hydroxylation sites is 1. The van der Waals surface area contributed by atoms with Crippen molar-refractivity contribution in [2.45, 2.75) is 4.90 Å². The Morgan fingerprint density at radius 2 is 2.05 bits per heavy atom. The van der Waals surface area contributed by atoms with E-state index < -0.39 is 5.82 Å². The third-order valence-corrected chi connectivity index (χ3v) is 3.60. The van der Waals surface area contributed by atoms with Crippen LogP contribution in [0.5, 0.6) is 11.5 Å². The molecule has 0 spiro atoms. The van der Waals surface area contributed by atoms with Crippen molar-refractivity contribution in [1.82, 2.24) is 4.72 Å². The van der Waals surface area contributed by atoms with E-state index in [2.05, 4.69) is 9.71 Å². The highest BCUT2D eigenvalue weighted by Crippen LogP contribution is 2.43. The molecule has 19 heavy (non-hydrogen) atoms. The van der Waals surface area contributed by atoms with Crippen molar-refractivity contribution in [3.05, 3.63) is 47.2 Å². The zero-order valence-corrected chi connectivity index (χ0v) is 11.1. The van der Waals surface area contributed by atoms with Gasteiger partial charge in [-0.2, -0.15) is 0 Å². The van der Waals surface area contributed by atoms with Crippen LogP contribution in [0.1, 0.15) is 0 Å². The minimum absolute atomic E-state index is 0.0795. The Morgan fingerprint density at radius 3 is 2.89 bits per heavy atom. The first-order valence-electron chi connectivity index (χ1n) is 5.45. The summed E-state index contributed by atoms with van der Waals surface area (Å²) >= 11 is 7.35. The van der Waals surface area contributed by atoms with Crippen molar-refractivity contribution in [2.75, 3.05) is 0 Å². The summed E-state index contributed by atoms with van der Waals surface area (Å²) in [5.41, 5.74) is 0.462. The predicted octanol–water partition coefficient (Wildman–Crippen LogP) is 4.54. The van der Waals surface area contributed by atoms with E-state index in [1.54, 1.807) is 30.3 Å². The lowest BCUT2D eigenvalue weighted by Crippen LogP contribution is -2.04. The second-order valence-corrected chi connectivity index (χ2v) is 5.02. The Balaban J connectivity index is 2.06. The highest BCUT2D eigenvalue weighted by atomic mass is 35.5. The molecule has 0 saturated heterocycles. The number of nitrogens with zero attached hydrogens (tertiary/aromatic N) is 1. The zero-order chi connectivity index (χ0) is 13.2. The van der Waals surface area contributed by atoms with Crippen LogP contribution in [0, 0.1) is 5.82 Å². The van der Waals surface area contributed by atoms with Gasteiger partial charge in [0.05, 0.1) is 16.3 Å². The first-order valence-corrected chi connectivity index (χ1v) is 6.65. The summed E-state index contributed by atoms with van der Waals surface area (Å²) in [5, 5.41) is 0.421. The van der Waals surface area contributed by atoms with Crippen molar-refractivity contribution in [3.8, 4) is 11.5 Å². The molecule has 0 aromatic heterocycles. The first kappa shape index (κ1) is 12.3. The second-order valence-electron chi connectivity index (χ2n) is 3.73. The van der Waals surface area contributed by atoms with Crippen LogP contribution in [0.15, 0.2) is 46.3 Å². The van der Waals surface area contributed by atoms with Crippen molar-refractivity contribution < 1.29 is 9.13 Å². The molecule has 0 fully saturated rings. The van der Waals surface area contributed by atoms with E-state index in [-0.39, 0.29) is 5.75 Å². The zero-order valence-electron chi connectivity index (χ0n) is 9.56. The van der Waals surface area contributed by atoms with E-state index in [1.165, 1.54) is 24.4 Å². The summed E-state index contributed by atoms with van der Waals surface area (Å²) in [7, 11) is 0. The second kappa shape index (κ2) is 5.11. The van der Waals surface area contributed by atoms with E-state index in [0.717, 1.165) is 4.90 Å². The van der Waals surface area contributed by atoms with Crippen LogP contribution in [0.25, 0.3) is 0 Å². The van der Waals surface area contributed by atoms with Crippen molar-refractivity contribution in [3.63, 3.8) is 0 Å². The van der Waals surface area contributed by atoms with Crippen molar-refractivity contribution >= 4 is 35.6 Å². The fourth-order valence-electron chi connectivity index (χ4n) is 1.65. The number of halogens is 2. The number of hydrogen-bond acceptors (Lipinski definition) is 4. The molecule has 0 radical (unpaired) electrons. The average molecular weight is 295 g/mol. The number of hydrogen-bond donors (Lipinski definition) is 1. The molecular weight excluding hydrogens is 287 g/mol. The van der Waals surface area contributed by atoms with Gasteiger partial charge in [0.1, 0.15) is 11.4 Å². The maximum absolute atomic E-state index is 13.9. The smallest absolute Gasteiger partial charge is 0.189 e. The summed E-state index contributed by atoms with van der Waals surface area (Å²) in [6, 6.07) is 9.92. The Bertz CT molecular complexity index is 663. The van der Waals surface area contributed by atoms with Crippen LogP contribution >= 0.6 is 23.5 Å². The van der Waals surface area contributed by atoms with Gasteiger partial charge in [-0.25, -0.2) is 9.38 Å². The van der Waals surface area contributed by atoms with Gasteiger partial charge in [0.2, 0.25) is 0 Å². The lowest BCUT2D eigenvalue weighted by Gasteiger charge is -2.15. The van der Waals surface area contributed by atoms with Crippen LogP contribution < -0.4 is 9.46 Å². The Kier molecular flexibility index (Phi) is 3.31. The van der Waals surface area contributed by atoms with Gasteiger partial charge in [-0.1, -0.05) is 23.7 Å². The lowest BCUT2D eigenvalue weighted by atomic mass is 10.2. The molecule has 96 valence electrons. The van der Waals surface area contributed by atoms with Gasteiger partial charge in [-0.15, -0.1) is 0 Å². The Hall–Kier alpha value is -1.72. The van der Waals surface area contributed by atoms with Crippen molar-refractivity contribution in [2.24, 2.45) is 4.99 Å². The highest BCUT2D eigenvalue weighted by Gasteiger charge is 2.18. The molecule has 0 saturated carbocycles. The van der Waals surface area contributed by atoms with Crippen LogP contribution in [-0.4, -0.2) is 6.34 Å². The summed E-state index contributed by atoms with van der Waals surface area (Å²) in [6.07, 6.45) is 1.49. The van der Waals surface area contributed by atoms with Crippen LogP contribution in [0.2, 0.25) is 5.02 Å². The maximum atomic E-state index is 13.9. The third kappa shape index (κ3) is 2.39. The molecule has 0 amide bonds. The number of nitrogens with one attached hydrogen (secondary N) is 1. The van der Waals surface area contributed by atoms with E-state index in [9.17, 15) is 4.39 Å². The quantitative estimate of drug-likeness (QED) is 0.826. The Labute approximate surface area is 118 Å². The van der Waals surface area contributed by atoms with Gasteiger partial charge in [0.15, 0.2) is 11.6 Å². The third-order valence-electron chi connectivity index (χ3n) is 2.51. The molecule has 6 heteroatoms. The van der Waals surface area contributed by atoms with E-state index in [0.29, 0.717) is 16.5 Å².